The molecule has 0 aliphatic rings. The number of carbonyl (C=O) groups is 1. The SMILES string of the molecule is COCC(O)CNC(=O)c1cccc(Cl)c1Cl. The first-order valence-corrected chi connectivity index (χ1v) is 5.71. The highest BCUT2D eigenvalue weighted by Crippen LogP contribution is 2.25. The molecule has 1 aromatic rings. The van der Waals surface area contributed by atoms with Crippen molar-refractivity contribution < 1.29 is 14.6 Å². The topological polar surface area (TPSA) is 58.6 Å². The zero-order valence-corrected chi connectivity index (χ0v) is 10.8. The summed E-state index contributed by atoms with van der Waals surface area (Å²) >= 11 is 11.7. The van der Waals surface area contributed by atoms with Crippen LogP contribution in [0.5, 0.6) is 0 Å². The summed E-state index contributed by atoms with van der Waals surface area (Å²) in [6, 6.07) is 4.79. The Morgan fingerprint density at radius 2 is 2.24 bits per heavy atom. The van der Waals surface area contributed by atoms with E-state index in [1.54, 1.807) is 18.2 Å². The van der Waals surface area contributed by atoms with Gasteiger partial charge in [0.05, 0.1) is 28.3 Å². The Morgan fingerprint density at radius 1 is 1.53 bits per heavy atom. The molecule has 1 atom stereocenters. The van der Waals surface area contributed by atoms with Gasteiger partial charge in [-0.15, -0.1) is 0 Å². The lowest BCUT2D eigenvalue weighted by Gasteiger charge is -2.11. The number of rotatable bonds is 5. The highest BCUT2D eigenvalue weighted by molar-refractivity contribution is 6.43. The summed E-state index contributed by atoms with van der Waals surface area (Å²) in [5.41, 5.74) is 0.281. The molecule has 2 N–H and O–H groups in total. The highest BCUT2D eigenvalue weighted by Gasteiger charge is 2.13. The first kappa shape index (κ1) is 14.3. The zero-order chi connectivity index (χ0) is 12.8. The molecule has 0 saturated carbocycles. The minimum Gasteiger partial charge on any atom is -0.389 e. The molecule has 0 heterocycles. The van der Waals surface area contributed by atoms with Gasteiger partial charge in [-0.1, -0.05) is 29.3 Å². The van der Waals surface area contributed by atoms with Crippen LogP contribution in [0.1, 0.15) is 10.4 Å². The second kappa shape index (κ2) is 6.81. The third kappa shape index (κ3) is 4.16. The van der Waals surface area contributed by atoms with Crippen molar-refractivity contribution in [2.75, 3.05) is 20.3 Å². The number of carbonyl (C=O) groups excluding carboxylic acids is 1. The number of benzene rings is 1. The van der Waals surface area contributed by atoms with E-state index in [9.17, 15) is 9.90 Å². The van der Waals surface area contributed by atoms with E-state index in [2.05, 4.69) is 5.32 Å². The third-order valence-corrected chi connectivity index (χ3v) is 2.87. The lowest BCUT2D eigenvalue weighted by molar-refractivity contribution is 0.0610. The molecule has 0 fully saturated rings. The maximum atomic E-state index is 11.7. The van der Waals surface area contributed by atoms with E-state index >= 15 is 0 Å². The second-order valence-corrected chi connectivity index (χ2v) is 4.21. The van der Waals surface area contributed by atoms with Crippen LogP contribution >= 0.6 is 23.2 Å². The number of ether oxygens (including phenoxy) is 1. The van der Waals surface area contributed by atoms with E-state index in [0.29, 0.717) is 5.02 Å². The molecule has 94 valence electrons. The predicted molar refractivity (Wildman–Crippen MR) is 66.7 cm³/mol. The maximum Gasteiger partial charge on any atom is 0.252 e. The summed E-state index contributed by atoms with van der Waals surface area (Å²) in [7, 11) is 1.47. The molecule has 1 rings (SSSR count). The van der Waals surface area contributed by atoms with Gasteiger partial charge in [-0.25, -0.2) is 0 Å². The Balaban J connectivity index is 2.61. The van der Waals surface area contributed by atoms with Gasteiger partial charge in [-0.05, 0) is 12.1 Å². The van der Waals surface area contributed by atoms with E-state index in [1.165, 1.54) is 7.11 Å². The van der Waals surface area contributed by atoms with E-state index < -0.39 is 6.10 Å². The van der Waals surface area contributed by atoms with E-state index in [1.807, 2.05) is 0 Å². The summed E-state index contributed by atoms with van der Waals surface area (Å²) in [4.78, 5) is 11.7. The molecule has 0 bridgehead atoms. The Labute approximate surface area is 109 Å². The second-order valence-electron chi connectivity index (χ2n) is 3.42. The van der Waals surface area contributed by atoms with E-state index in [-0.39, 0.29) is 29.6 Å². The van der Waals surface area contributed by atoms with Crippen LogP contribution in [0, 0.1) is 0 Å². The molecular formula is C11H13Cl2NO3. The van der Waals surface area contributed by atoms with Crippen LogP contribution in [-0.2, 0) is 4.74 Å². The zero-order valence-electron chi connectivity index (χ0n) is 9.24. The molecule has 1 aromatic carbocycles. The van der Waals surface area contributed by atoms with Crippen LogP contribution < -0.4 is 5.32 Å². The van der Waals surface area contributed by atoms with Gasteiger partial charge >= 0.3 is 0 Å². The van der Waals surface area contributed by atoms with Gasteiger partial charge in [0.15, 0.2) is 0 Å². The molecule has 0 spiro atoms. The Kier molecular flexibility index (Phi) is 5.71. The van der Waals surface area contributed by atoms with Crippen LogP contribution in [0.15, 0.2) is 18.2 Å². The summed E-state index contributed by atoms with van der Waals surface area (Å²) in [6.45, 7) is 0.249. The van der Waals surface area contributed by atoms with Crippen molar-refractivity contribution in [3.63, 3.8) is 0 Å². The van der Waals surface area contributed by atoms with Crippen molar-refractivity contribution in [1.29, 1.82) is 0 Å². The number of aliphatic hydroxyl groups is 1. The van der Waals surface area contributed by atoms with Gasteiger partial charge in [-0.3, -0.25) is 4.79 Å². The monoisotopic (exact) mass is 277 g/mol. The normalized spacial score (nSPS) is 12.2. The minimum atomic E-state index is -0.748. The fraction of sp³-hybridized carbons (Fsp3) is 0.364. The number of hydrogen-bond donors (Lipinski definition) is 2. The molecule has 1 amide bonds. The third-order valence-electron chi connectivity index (χ3n) is 2.05. The largest absolute Gasteiger partial charge is 0.389 e. The van der Waals surface area contributed by atoms with Gasteiger partial charge < -0.3 is 15.2 Å². The van der Waals surface area contributed by atoms with Gasteiger partial charge in [-0.2, -0.15) is 0 Å². The Bertz CT molecular complexity index is 398. The fourth-order valence-electron chi connectivity index (χ4n) is 1.24. The number of hydrogen-bond acceptors (Lipinski definition) is 3. The summed E-state index contributed by atoms with van der Waals surface area (Å²) in [6.07, 6.45) is -0.748. The molecule has 0 radical (unpaired) electrons. The standard InChI is InChI=1S/C11H13Cl2NO3/c1-17-6-7(15)5-14-11(16)8-3-2-4-9(12)10(8)13/h2-4,7,15H,5-6H2,1H3,(H,14,16). The average molecular weight is 278 g/mol. The predicted octanol–water partition coefficient (Wildman–Crippen LogP) is 1.73. The first-order valence-electron chi connectivity index (χ1n) is 4.95. The maximum absolute atomic E-state index is 11.7. The molecule has 17 heavy (non-hydrogen) atoms. The van der Waals surface area contributed by atoms with Crippen LogP contribution in [0.4, 0.5) is 0 Å². The number of amides is 1. The van der Waals surface area contributed by atoms with Crippen LogP contribution in [0.3, 0.4) is 0 Å². The molecule has 0 saturated heterocycles. The lowest BCUT2D eigenvalue weighted by Crippen LogP contribution is -2.34. The van der Waals surface area contributed by atoms with E-state index in [0.717, 1.165) is 0 Å². The smallest absolute Gasteiger partial charge is 0.252 e. The number of halogens is 2. The highest BCUT2D eigenvalue weighted by atomic mass is 35.5. The van der Waals surface area contributed by atoms with Crippen molar-refractivity contribution in [2.45, 2.75) is 6.10 Å². The van der Waals surface area contributed by atoms with Crippen LogP contribution in [-0.4, -0.2) is 37.4 Å². The fourth-order valence-corrected chi connectivity index (χ4v) is 1.62. The van der Waals surface area contributed by atoms with Gasteiger partial charge in [0.25, 0.3) is 5.91 Å². The number of aliphatic hydroxyl groups excluding tert-OH is 1. The van der Waals surface area contributed by atoms with Crippen molar-refractivity contribution >= 4 is 29.1 Å². The Morgan fingerprint density at radius 3 is 2.88 bits per heavy atom. The van der Waals surface area contributed by atoms with Crippen molar-refractivity contribution in [2.24, 2.45) is 0 Å². The molecule has 1 unspecified atom stereocenters. The molecule has 0 aromatic heterocycles. The first-order chi connectivity index (χ1) is 8.06. The summed E-state index contributed by atoms with van der Waals surface area (Å²) < 4.78 is 4.74. The number of methoxy groups -OCH3 is 1. The average Bonchev–Trinajstić information content (AvgIpc) is 2.30. The molecule has 0 aliphatic carbocycles. The quantitative estimate of drug-likeness (QED) is 0.862. The molecule has 6 heteroatoms. The van der Waals surface area contributed by atoms with Crippen LogP contribution in [0.25, 0.3) is 0 Å². The summed E-state index contributed by atoms with van der Waals surface area (Å²) in [5.74, 6) is -0.382. The van der Waals surface area contributed by atoms with Gasteiger partial charge in [0, 0.05) is 13.7 Å². The van der Waals surface area contributed by atoms with Crippen molar-refractivity contribution in [3.05, 3.63) is 33.8 Å². The molecule has 4 nitrogen and oxygen atoms in total. The van der Waals surface area contributed by atoms with Gasteiger partial charge in [0.1, 0.15) is 0 Å². The van der Waals surface area contributed by atoms with E-state index in [4.69, 9.17) is 27.9 Å². The Hall–Kier alpha value is -0.810. The number of nitrogens with one attached hydrogen (secondary N) is 1. The summed E-state index contributed by atoms with van der Waals surface area (Å²) in [5, 5.41) is 12.4. The van der Waals surface area contributed by atoms with Crippen molar-refractivity contribution in [1.82, 2.24) is 5.32 Å². The molecular weight excluding hydrogens is 265 g/mol. The lowest BCUT2D eigenvalue weighted by atomic mass is 10.2. The van der Waals surface area contributed by atoms with Crippen LogP contribution in [0.2, 0.25) is 10.0 Å². The van der Waals surface area contributed by atoms with Crippen molar-refractivity contribution in [3.8, 4) is 0 Å². The minimum absolute atomic E-state index is 0.0928. The van der Waals surface area contributed by atoms with Gasteiger partial charge in [0.2, 0.25) is 0 Å². The molecule has 0 aliphatic heterocycles.